The summed E-state index contributed by atoms with van der Waals surface area (Å²) in [7, 11) is 1.34. The third-order valence-corrected chi connectivity index (χ3v) is 3.34. The van der Waals surface area contributed by atoms with E-state index in [1.807, 2.05) is 0 Å². The van der Waals surface area contributed by atoms with Crippen LogP contribution in [-0.2, 0) is 14.2 Å². The first-order valence-electron chi connectivity index (χ1n) is 7.36. The normalized spacial score (nSPS) is 17.4. The summed E-state index contributed by atoms with van der Waals surface area (Å²) in [6.45, 7) is 3.25. The molecule has 0 saturated carbocycles. The van der Waals surface area contributed by atoms with Crippen molar-refractivity contribution in [2.24, 2.45) is 0 Å². The zero-order chi connectivity index (χ0) is 14.0. The second kappa shape index (κ2) is 9.15. The van der Waals surface area contributed by atoms with Gasteiger partial charge in [-0.25, -0.2) is 4.79 Å². The lowest BCUT2D eigenvalue weighted by Gasteiger charge is -2.27. The second-order valence-electron chi connectivity index (χ2n) is 4.94. The van der Waals surface area contributed by atoms with Crippen molar-refractivity contribution < 1.29 is 19.0 Å². The van der Waals surface area contributed by atoms with Crippen molar-refractivity contribution in [2.75, 3.05) is 20.3 Å². The summed E-state index contributed by atoms with van der Waals surface area (Å²) in [5.41, 5.74) is 0. The lowest BCUT2D eigenvalue weighted by atomic mass is 10.1. The van der Waals surface area contributed by atoms with Gasteiger partial charge < -0.3 is 14.2 Å². The average Bonchev–Trinajstić information content (AvgIpc) is 2.86. The number of ether oxygens (including phenoxy) is 3. The highest BCUT2D eigenvalue weighted by molar-refractivity contribution is 5.67. The molecule has 1 aliphatic rings. The molecule has 1 saturated heterocycles. The SMILES string of the molecule is CCCCCCCCCC1(NC(=O)OC)OCCO1. The Labute approximate surface area is 116 Å². The van der Waals surface area contributed by atoms with Crippen LogP contribution in [0.3, 0.4) is 0 Å². The number of carbonyl (C=O) groups is 1. The molecule has 1 amide bonds. The summed E-state index contributed by atoms with van der Waals surface area (Å²) in [5.74, 6) is -0.962. The Balaban J connectivity index is 2.17. The molecule has 1 heterocycles. The number of alkyl carbamates (subject to hydrolysis) is 1. The van der Waals surface area contributed by atoms with Crippen LogP contribution in [0.25, 0.3) is 0 Å². The molecule has 0 bridgehead atoms. The number of carbonyl (C=O) groups excluding carboxylic acids is 1. The largest absolute Gasteiger partial charge is 0.453 e. The fourth-order valence-electron chi connectivity index (χ4n) is 2.26. The first-order valence-corrected chi connectivity index (χ1v) is 7.36. The number of nitrogens with one attached hydrogen (secondary N) is 1. The quantitative estimate of drug-likeness (QED) is 0.655. The van der Waals surface area contributed by atoms with Crippen molar-refractivity contribution in [3.8, 4) is 0 Å². The highest BCUT2D eigenvalue weighted by Gasteiger charge is 2.38. The van der Waals surface area contributed by atoms with E-state index in [1.54, 1.807) is 0 Å². The van der Waals surface area contributed by atoms with Gasteiger partial charge in [-0.3, -0.25) is 5.32 Å². The van der Waals surface area contributed by atoms with E-state index < -0.39 is 12.0 Å². The van der Waals surface area contributed by atoms with Crippen LogP contribution in [0.15, 0.2) is 0 Å². The van der Waals surface area contributed by atoms with E-state index in [0.29, 0.717) is 19.6 Å². The van der Waals surface area contributed by atoms with Crippen molar-refractivity contribution >= 4 is 6.09 Å². The predicted molar refractivity (Wildman–Crippen MR) is 72.8 cm³/mol. The van der Waals surface area contributed by atoms with Crippen LogP contribution < -0.4 is 5.32 Å². The number of rotatable bonds is 9. The minimum Gasteiger partial charge on any atom is -0.453 e. The van der Waals surface area contributed by atoms with Gasteiger partial charge >= 0.3 is 6.09 Å². The molecule has 0 unspecified atom stereocenters. The van der Waals surface area contributed by atoms with Gasteiger partial charge in [0.2, 0.25) is 0 Å². The third kappa shape index (κ3) is 6.25. The van der Waals surface area contributed by atoms with Crippen LogP contribution >= 0.6 is 0 Å². The first-order chi connectivity index (χ1) is 9.22. The lowest BCUT2D eigenvalue weighted by Crippen LogP contribution is -2.49. The summed E-state index contributed by atoms with van der Waals surface area (Å²) in [6.07, 6.45) is 8.71. The van der Waals surface area contributed by atoms with Crippen LogP contribution in [0.4, 0.5) is 4.79 Å². The van der Waals surface area contributed by atoms with Crippen LogP contribution in [0, 0.1) is 0 Å². The van der Waals surface area contributed by atoms with Gasteiger partial charge in [-0.2, -0.15) is 0 Å². The zero-order valence-electron chi connectivity index (χ0n) is 12.2. The molecule has 112 valence electrons. The Morgan fingerprint density at radius 1 is 1.11 bits per heavy atom. The molecule has 0 spiro atoms. The van der Waals surface area contributed by atoms with Crippen LogP contribution in [-0.4, -0.2) is 32.3 Å². The summed E-state index contributed by atoms with van der Waals surface area (Å²) in [5, 5.41) is 2.65. The Morgan fingerprint density at radius 3 is 2.26 bits per heavy atom. The molecular formula is C14H27NO4. The van der Waals surface area contributed by atoms with Gasteiger partial charge in [0.05, 0.1) is 20.3 Å². The number of unbranched alkanes of at least 4 members (excludes halogenated alkanes) is 6. The van der Waals surface area contributed by atoms with Crippen LogP contribution in [0.1, 0.15) is 58.3 Å². The molecule has 0 aromatic heterocycles. The fourth-order valence-corrected chi connectivity index (χ4v) is 2.26. The second-order valence-corrected chi connectivity index (χ2v) is 4.94. The van der Waals surface area contributed by atoms with Gasteiger partial charge in [-0.05, 0) is 6.42 Å². The molecule has 0 radical (unpaired) electrons. The molecule has 0 atom stereocenters. The van der Waals surface area contributed by atoms with E-state index in [9.17, 15) is 4.79 Å². The Morgan fingerprint density at radius 2 is 1.68 bits per heavy atom. The molecule has 1 fully saturated rings. The van der Waals surface area contributed by atoms with Crippen molar-refractivity contribution in [3.05, 3.63) is 0 Å². The van der Waals surface area contributed by atoms with Gasteiger partial charge in [-0.1, -0.05) is 45.4 Å². The number of hydrogen-bond donors (Lipinski definition) is 1. The molecule has 5 nitrogen and oxygen atoms in total. The standard InChI is InChI=1S/C14H27NO4/c1-3-4-5-6-7-8-9-10-14(15-13(16)17-2)18-11-12-19-14/h3-12H2,1-2H3,(H,15,16). The molecule has 1 rings (SSSR count). The predicted octanol–water partition coefficient (Wildman–Crippen LogP) is 3.18. The maximum Gasteiger partial charge on any atom is 0.410 e. The smallest absolute Gasteiger partial charge is 0.410 e. The van der Waals surface area contributed by atoms with E-state index in [2.05, 4.69) is 17.0 Å². The molecule has 0 aromatic rings. The van der Waals surface area contributed by atoms with Gasteiger partial charge in [0.1, 0.15) is 0 Å². The third-order valence-electron chi connectivity index (χ3n) is 3.34. The number of hydrogen-bond acceptors (Lipinski definition) is 4. The summed E-state index contributed by atoms with van der Waals surface area (Å²) in [4.78, 5) is 11.3. The molecule has 1 aliphatic heterocycles. The topological polar surface area (TPSA) is 56.8 Å². The summed E-state index contributed by atoms with van der Waals surface area (Å²) >= 11 is 0. The summed E-state index contributed by atoms with van der Waals surface area (Å²) in [6, 6.07) is 0. The molecule has 0 aromatic carbocycles. The minimum absolute atomic E-state index is 0.509. The van der Waals surface area contributed by atoms with Gasteiger partial charge in [0.25, 0.3) is 5.91 Å². The van der Waals surface area contributed by atoms with E-state index in [1.165, 1.54) is 39.2 Å². The van der Waals surface area contributed by atoms with E-state index in [-0.39, 0.29) is 0 Å². The zero-order valence-corrected chi connectivity index (χ0v) is 12.2. The van der Waals surface area contributed by atoms with Crippen molar-refractivity contribution in [1.82, 2.24) is 5.32 Å². The fraction of sp³-hybridized carbons (Fsp3) is 0.929. The highest BCUT2D eigenvalue weighted by Crippen LogP contribution is 2.24. The lowest BCUT2D eigenvalue weighted by molar-refractivity contribution is -0.180. The molecule has 0 aliphatic carbocycles. The van der Waals surface area contributed by atoms with E-state index in [0.717, 1.165) is 12.8 Å². The Bertz CT molecular complexity index is 252. The van der Waals surface area contributed by atoms with Crippen molar-refractivity contribution in [3.63, 3.8) is 0 Å². The van der Waals surface area contributed by atoms with Crippen LogP contribution in [0.2, 0.25) is 0 Å². The highest BCUT2D eigenvalue weighted by atomic mass is 16.8. The van der Waals surface area contributed by atoms with Crippen molar-refractivity contribution in [2.45, 2.75) is 64.2 Å². The van der Waals surface area contributed by atoms with E-state index in [4.69, 9.17) is 9.47 Å². The maximum absolute atomic E-state index is 11.3. The van der Waals surface area contributed by atoms with Crippen molar-refractivity contribution in [1.29, 1.82) is 0 Å². The molecule has 19 heavy (non-hydrogen) atoms. The number of amides is 1. The minimum atomic E-state index is -0.962. The summed E-state index contributed by atoms with van der Waals surface area (Å²) < 4.78 is 15.6. The monoisotopic (exact) mass is 273 g/mol. The van der Waals surface area contributed by atoms with Gasteiger partial charge in [0.15, 0.2) is 0 Å². The van der Waals surface area contributed by atoms with Gasteiger partial charge in [0, 0.05) is 6.42 Å². The average molecular weight is 273 g/mol. The first kappa shape index (κ1) is 16.2. The van der Waals surface area contributed by atoms with Crippen LogP contribution in [0.5, 0.6) is 0 Å². The Kier molecular flexibility index (Phi) is 7.82. The number of methoxy groups -OCH3 is 1. The van der Waals surface area contributed by atoms with E-state index >= 15 is 0 Å². The molecule has 1 N–H and O–H groups in total. The molecule has 5 heteroatoms. The Hall–Kier alpha value is -0.810. The molecular weight excluding hydrogens is 246 g/mol. The maximum atomic E-state index is 11.3. The van der Waals surface area contributed by atoms with Gasteiger partial charge in [-0.15, -0.1) is 0 Å².